The van der Waals surface area contributed by atoms with Gasteiger partial charge in [0, 0.05) is 19.0 Å². The highest BCUT2D eigenvalue weighted by Gasteiger charge is 2.14. The van der Waals surface area contributed by atoms with Crippen molar-refractivity contribution in [3.05, 3.63) is 83.4 Å². The molecule has 1 aliphatic heterocycles. The van der Waals surface area contributed by atoms with Crippen LogP contribution in [0.2, 0.25) is 0 Å². The van der Waals surface area contributed by atoms with Crippen LogP contribution in [0.5, 0.6) is 0 Å². The maximum absolute atomic E-state index is 6.14. The van der Waals surface area contributed by atoms with E-state index < -0.39 is 0 Å². The lowest BCUT2D eigenvalue weighted by Crippen LogP contribution is -2.24. The first kappa shape index (κ1) is 12.8. The maximum atomic E-state index is 6.14. The zero-order valence-corrected chi connectivity index (χ0v) is 12.1. The van der Waals surface area contributed by atoms with Gasteiger partial charge in [0.1, 0.15) is 5.82 Å². The molecule has 0 fully saturated rings. The Balaban J connectivity index is 1.73. The monoisotopic (exact) mass is 288 g/mol. The number of nitrogens with two attached hydrogens (primary N) is 1. The van der Waals surface area contributed by atoms with Gasteiger partial charge < -0.3 is 5.73 Å². The molecule has 0 amide bonds. The summed E-state index contributed by atoms with van der Waals surface area (Å²) < 4.78 is 1.90. The van der Waals surface area contributed by atoms with Crippen molar-refractivity contribution in [1.29, 1.82) is 0 Å². The second kappa shape index (κ2) is 5.15. The number of benzene rings is 2. The highest BCUT2D eigenvalue weighted by atomic mass is 15.2. The van der Waals surface area contributed by atoms with E-state index in [0.29, 0.717) is 5.96 Å². The molecule has 4 nitrogen and oxygen atoms in total. The van der Waals surface area contributed by atoms with Crippen LogP contribution >= 0.6 is 0 Å². The van der Waals surface area contributed by atoms with Crippen molar-refractivity contribution in [2.24, 2.45) is 10.7 Å². The largest absolute Gasteiger partial charge is 0.369 e. The molecule has 2 N–H and O–H groups in total. The molecule has 0 saturated carbocycles. The Morgan fingerprint density at radius 1 is 1.05 bits per heavy atom. The molecule has 0 spiro atoms. The van der Waals surface area contributed by atoms with Gasteiger partial charge in [-0.1, -0.05) is 42.5 Å². The van der Waals surface area contributed by atoms with Crippen LogP contribution in [0.25, 0.3) is 0 Å². The molecule has 3 aromatic rings. The summed E-state index contributed by atoms with van der Waals surface area (Å²) in [5.74, 6) is 1.41. The molecule has 0 radical (unpaired) electrons. The molecule has 0 unspecified atom stereocenters. The number of imidazole rings is 1. The third-order valence-corrected chi connectivity index (χ3v) is 3.82. The third-order valence-electron chi connectivity index (χ3n) is 3.82. The van der Waals surface area contributed by atoms with Crippen molar-refractivity contribution in [2.75, 3.05) is 0 Å². The fourth-order valence-corrected chi connectivity index (χ4v) is 2.79. The van der Waals surface area contributed by atoms with E-state index in [1.807, 2.05) is 41.1 Å². The van der Waals surface area contributed by atoms with E-state index in [2.05, 4.69) is 29.3 Å². The van der Waals surface area contributed by atoms with E-state index in [4.69, 9.17) is 10.7 Å². The first-order valence-electron chi connectivity index (χ1n) is 7.32. The van der Waals surface area contributed by atoms with Gasteiger partial charge in [-0.25, -0.2) is 9.98 Å². The molecule has 0 saturated heterocycles. The number of rotatable bonds is 2. The molecule has 22 heavy (non-hydrogen) atoms. The Hall–Kier alpha value is -2.88. The fraction of sp³-hybridized carbons (Fsp3) is 0.111. The van der Waals surface area contributed by atoms with Gasteiger partial charge in [0.05, 0.1) is 11.4 Å². The smallest absolute Gasteiger partial charge is 0.206 e. The van der Waals surface area contributed by atoms with Gasteiger partial charge >= 0.3 is 0 Å². The highest BCUT2D eigenvalue weighted by Crippen LogP contribution is 2.21. The van der Waals surface area contributed by atoms with Crippen LogP contribution in [0.3, 0.4) is 0 Å². The molecule has 0 atom stereocenters. The lowest BCUT2D eigenvalue weighted by atomic mass is 10.1. The zero-order valence-electron chi connectivity index (χ0n) is 12.1. The predicted octanol–water partition coefficient (Wildman–Crippen LogP) is 2.87. The molecule has 108 valence electrons. The van der Waals surface area contributed by atoms with Gasteiger partial charge in [-0.2, -0.15) is 0 Å². The molecular formula is C18H16N4. The molecule has 0 aliphatic carbocycles. The summed E-state index contributed by atoms with van der Waals surface area (Å²) in [5.41, 5.74) is 10.5. The summed E-state index contributed by atoms with van der Waals surface area (Å²) in [5, 5.41) is 0. The fourth-order valence-electron chi connectivity index (χ4n) is 2.79. The van der Waals surface area contributed by atoms with E-state index in [0.717, 1.165) is 30.0 Å². The summed E-state index contributed by atoms with van der Waals surface area (Å²) in [7, 11) is 0. The summed E-state index contributed by atoms with van der Waals surface area (Å²) in [6, 6.07) is 18.4. The number of aromatic nitrogens is 2. The van der Waals surface area contributed by atoms with Crippen molar-refractivity contribution in [3.63, 3.8) is 0 Å². The van der Waals surface area contributed by atoms with Gasteiger partial charge in [-0.05, 0) is 23.3 Å². The number of hydrogen-bond acceptors (Lipinski definition) is 3. The van der Waals surface area contributed by atoms with Gasteiger partial charge in [0.2, 0.25) is 5.96 Å². The van der Waals surface area contributed by atoms with Crippen LogP contribution in [0.15, 0.2) is 65.8 Å². The molecule has 4 heteroatoms. The molecule has 4 rings (SSSR count). The summed E-state index contributed by atoms with van der Waals surface area (Å²) in [6.45, 7) is 0. The van der Waals surface area contributed by atoms with E-state index in [-0.39, 0.29) is 0 Å². The summed E-state index contributed by atoms with van der Waals surface area (Å²) in [6.07, 6.45) is 3.55. The molecule has 2 bridgehead atoms. The predicted molar refractivity (Wildman–Crippen MR) is 87.4 cm³/mol. The van der Waals surface area contributed by atoms with Crippen molar-refractivity contribution >= 4 is 11.6 Å². The number of aliphatic imine (C=N–C) groups is 1. The minimum absolute atomic E-state index is 0.471. The summed E-state index contributed by atoms with van der Waals surface area (Å²) >= 11 is 0. The Labute approximate surface area is 129 Å². The average molecular weight is 288 g/mol. The van der Waals surface area contributed by atoms with E-state index in [1.165, 1.54) is 11.1 Å². The van der Waals surface area contributed by atoms with Gasteiger partial charge in [-0.3, -0.25) is 4.57 Å². The Bertz CT molecular complexity index is 847. The maximum Gasteiger partial charge on any atom is 0.206 e. The average Bonchev–Trinajstić information content (AvgIpc) is 2.90. The molecule has 2 heterocycles. The number of fused-ring (bicyclic) bond motifs is 3. The topological polar surface area (TPSA) is 56.2 Å². The molecule has 1 aliphatic rings. The number of hydrogen-bond donors (Lipinski definition) is 1. The van der Waals surface area contributed by atoms with Gasteiger partial charge in [0.25, 0.3) is 0 Å². The van der Waals surface area contributed by atoms with Crippen LogP contribution in [0.4, 0.5) is 5.69 Å². The molecule has 1 aromatic heterocycles. The van der Waals surface area contributed by atoms with Crippen molar-refractivity contribution in [3.8, 4) is 0 Å². The highest BCUT2D eigenvalue weighted by molar-refractivity contribution is 5.84. The Morgan fingerprint density at radius 2 is 1.91 bits per heavy atom. The molecular weight excluding hydrogens is 272 g/mol. The SMILES string of the molecule is NC1=Nc2cccc(c2)Cc2nc(Cc3ccccc3)cn21. The quantitative estimate of drug-likeness (QED) is 0.788. The van der Waals surface area contributed by atoms with Crippen LogP contribution in [-0.4, -0.2) is 15.5 Å². The van der Waals surface area contributed by atoms with Crippen molar-refractivity contribution in [2.45, 2.75) is 12.8 Å². The standard InChI is InChI=1S/C18H16N4/c19-18-21-15-8-4-7-14(10-15)11-17-20-16(12-22(17)18)9-13-5-2-1-3-6-13/h1-8,10,12H,9,11H2,(H2,19,21). The second-order valence-electron chi connectivity index (χ2n) is 5.50. The first-order valence-corrected chi connectivity index (χ1v) is 7.32. The lowest BCUT2D eigenvalue weighted by molar-refractivity contribution is 0.929. The second-order valence-corrected chi connectivity index (χ2v) is 5.50. The van der Waals surface area contributed by atoms with Crippen molar-refractivity contribution in [1.82, 2.24) is 9.55 Å². The summed E-state index contributed by atoms with van der Waals surface area (Å²) in [4.78, 5) is 9.22. The first-order chi connectivity index (χ1) is 10.8. The normalized spacial score (nSPS) is 13.0. The van der Waals surface area contributed by atoms with Gasteiger partial charge in [0.15, 0.2) is 0 Å². The van der Waals surface area contributed by atoms with Crippen molar-refractivity contribution < 1.29 is 0 Å². The number of nitrogens with zero attached hydrogens (tertiary/aromatic N) is 3. The Morgan fingerprint density at radius 3 is 2.77 bits per heavy atom. The van der Waals surface area contributed by atoms with E-state index in [1.54, 1.807) is 0 Å². The van der Waals surface area contributed by atoms with Crippen LogP contribution < -0.4 is 5.73 Å². The van der Waals surface area contributed by atoms with Crippen LogP contribution in [0.1, 0.15) is 22.6 Å². The van der Waals surface area contributed by atoms with Crippen LogP contribution in [0, 0.1) is 0 Å². The minimum Gasteiger partial charge on any atom is -0.369 e. The van der Waals surface area contributed by atoms with Gasteiger partial charge in [-0.15, -0.1) is 0 Å². The van der Waals surface area contributed by atoms with Crippen LogP contribution in [-0.2, 0) is 12.8 Å². The van der Waals surface area contributed by atoms with E-state index >= 15 is 0 Å². The Kier molecular flexibility index (Phi) is 3.00. The lowest BCUT2D eigenvalue weighted by Gasteiger charge is -2.11. The third kappa shape index (κ3) is 2.39. The minimum atomic E-state index is 0.471. The zero-order chi connectivity index (χ0) is 14.9. The van der Waals surface area contributed by atoms with E-state index in [9.17, 15) is 0 Å². The molecule has 2 aromatic carbocycles.